The van der Waals surface area contributed by atoms with Gasteiger partial charge in [-0.05, 0) is 24.3 Å². The molecule has 1 aliphatic heterocycles. The molecule has 0 aliphatic carbocycles. The van der Waals surface area contributed by atoms with E-state index in [0.717, 1.165) is 0 Å². The molecule has 3 amide bonds. The topological polar surface area (TPSA) is 92.3 Å². The number of ether oxygens (including phenoxy) is 1. The Morgan fingerprint density at radius 1 is 1.31 bits per heavy atom. The van der Waals surface area contributed by atoms with E-state index in [1.54, 1.807) is 0 Å². The molecular weight excluding hydrogens is 346 g/mol. The summed E-state index contributed by atoms with van der Waals surface area (Å²) in [7, 11) is 1.39. The van der Waals surface area contributed by atoms with Crippen molar-refractivity contribution in [3.63, 3.8) is 0 Å². The molecule has 2 atom stereocenters. The van der Waals surface area contributed by atoms with Gasteiger partial charge in [0.1, 0.15) is 23.4 Å². The first-order chi connectivity index (χ1) is 12.5. The largest absolute Gasteiger partial charge is 0.495 e. The molecule has 1 fully saturated rings. The van der Waals surface area contributed by atoms with E-state index in [1.165, 1.54) is 43.6 Å². The lowest BCUT2D eigenvalue weighted by atomic mass is 9.98. The lowest BCUT2D eigenvalue weighted by Crippen LogP contribution is -2.45. The number of nitrogens with zero attached hydrogens (tertiary/aromatic N) is 1. The first-order valence-electron chi connectivity index (χ1n) is 7.78. The number of pyridine rings is 1. The van der Waals surface area contributed by atoms with Gasteiger partial charge in [-0.15, -0.1) is 0 Å². The molecule has 1 aromatic carbocycles. The minimum atomic E-state index is -0.995. The molecular formula is C17H16F2N4O3. The van der Waals surface area contributed by atoms with E-state index in [4.69, 9.17) is 4.74 Å². The maximum absolute atomic E-state index is 14.3. The Labute approximate surface area is 147 Å². The number of amides is 3. The number of anilines is 1. The van der Waals surface area contributed by atoms with Crippen LogP contribution in [0, 0.1) is 11.6 Å². The molecule has 0 radical (unpaired) electrons. The number of halogens is 2. The lowest BCUT2D eigenvalue weighted by molar-refractivity contribution is -0.120. The molecule has 26 heavy (non-hydrogen) atoms. The number of nitrogens with one attached hydrogen (secondary N) is 3. The summed E-state index contributed by atoms with van der Waals surface area (Å²) in [4.78, 5) is 28.2. The second-order valence-electron chi connectivity index (χ2n) is 5.68. The zero-order valence-electron chi connectivity index (χ0n) is 13.8. The highest BCUT2D eigenvalue weighted by molar-refractivity contribution is 5.95. The minimum absolute atomic E-state index is 0.0521. The van der Waals surface area contributed by atoms with Crippen LogP contribution < -0.4 is 20.7 Å². The Kier molecular flexibility index (Phi) is 4.97. The van der Waals surface area contributed by atoms with Gasteiger partial charge in [0.25, 0.3) is 0 Å². The smallest absolute Gasteiger partial charge is 0.319 e. The highest BCUT2D eigenvalue weighted by Gasteiger charge is 2.39. The molecule has 0 saturated carbocycles. The first-order valence-corrected chi connectivity index (χ1v) is 7.78. The number of benzene rings is 1. The summed E-state index contributed by atoms with van der Waals surface area (Å²) in [6, 6.07) is 4.65. The van der Waals surface area contributed by atoms with E-state index in [0.29, 0.717) is 5.69 Å². The Morgan fingerprint density at radius 3 is 2.69 bits per heavy atom. The Hall–Kier alpha value is -3.23. The average molecular weight is 362 g/mol. The lowest BCUT2D eigenvalue weighted by Gasteiger charge is -2.19. The van der Waals surface area contributed by atoms with Gasteiger partial charge in [0, 0.05) is 18.3 Å². The number of carbonyl (C=O) groups excluding carboxylic acids is 2. The fourth-order valence-electron chi connectivity index (χ4n) is 2.70. The van der Waals surface area contributed by atoms with E-state index in [9.17, 15) is 18.4 Å². The summed E-state index contributed by atoms with van der Waals surface area (Å²) < 4.78 is 32.1. The minimum Gasteiger partial charge on any atom is -0.495 e. The number of methoxy groups -OCH3 is 1. The quantitative estimate of drug-likeness (QED) is 0.773. The van der Waals surface area contributed by atoms with Crippen LogP contribution in [0.1, 0.15) is 11.6 Å². The normalized spacial score (nSPS) is 19.0. The summed E-state index contributed by atoms with van der Waals surface area (Å²) in [5.41, 5.74) is 0.406. The predicted octanol–water partition coefficient (Wildman–Crippen LogP) is 1.77. The standard InChI is InChI=1S/C17H16F2N4O3/c1-26-11-6-13(19)14(20-7-11)12-8-21-16(24)15(12)23-17(25)22-10-4-2-9(18)3-5-10/h2-7,12,15H,8H2,1H3,(H,21,24)(H2,22,23,25)/t12-,15-/m0/s1. The molecule has 2 heterocycles. The Bertz CT molecular complexity index is 829. The fraction of sp³-hybridized carbons (Fsp3) is 0.235. The number of urea groups is 1. The number of hydrogen-bond donors (Lipinski definition) is 3. The van der Waals surface area contributed by atoms with Crippen molar-refractivity contribution < 1.29 is 23.1 Å². The number of carbonyl (C=O) groups is 2. The van der Waals surface area contributed by atoms with Gasteiger partial charge in [-0.1, -0.05) is 0 Å². The summed E-state index contributed by atoms with van der Waals surface area (Å²) >= 11 is 0. The maximum Gasteiger partial charge on any atom is 0.319 e. The molecule has 1 aliphatic rings. The van der Waals surface area contributed by atoms with Crippen molar-refractivity contribution in [2.45, 2.75) is 12.0 Å². The molecule has 3 rings (SSSR count). The van der Waals surface area contributed by atoms with Crippen LogP contribution in [0.3, 0.4) is 0 Å². The number of hydrogen-bond acceptors (Lipinski definition) is 4. The molecule has 1 saturated heterocycles. The molecule has 136 valence electrons. The van der Waals surface area contributed by atoms with Crippen molar-refractivity contribution in [3.8, 4) is 5.75 Å². The molecule has 3 N–H and O–H groups in total. The Balaban J connectivity index is 1.73. The number of aromatic nitrogens is 1. The van der Waals surface area contributed by atoms with Gasteiger partial charge in [0.05, 0.1) is 24.9 Å². The van der Waals surface area contributed by atoms with Crippen molar-refractivity contribution >= 4 is 17.6 Å². The van der Waals surface area contributed by atoms with Crippen molar-refractivity contribution in [2.24, 2.45) is 0 Å². The van der Waals surface area contributed by atoms with Gasteiger partial charge in [0.2, 0.25) is 5.91 Å². The summed E-state index contributed by atoms with van der Waals surface area (Å²) in [6.07, 6.45) is 1.34. The predicted molar refractivity (Wildman–Crippen MR) is 88.8 cm³/mol. The molecule has 0 unspecified atom stereocenters. The van der Waals surface area contributed by atoms with Crippen LogP contribution in [0.25, 0.3) is 0 Å². The highest BCUT2D eigenvalue weighted by atomic mass is 19.1. The summed E-state index contributed by atoms with van der Waals surface area (Å²) in [6.45, 7) is 0.135. The molecule has 1 aromatic heterocycles. The van der Waals surface area contributed by atoms with E-state index < -0.39 is 35.5 Å². The maximum atomic E-state index is 14.3. The van der Waals surface area contributed by atoms with Gasteiger partial charge in [0.15, 0.2) is 0 Å². The Morgan fingerprint density at radius 2 is 2.04 bits per heavy atom. The van der Waals surface area contributed by atoms with Gasteiger partial charge in [-0.3, -0.25) is 9.78 Å². The van der Waals surface area contributed by atoms with Gasteiger partial charge < -0.3 is 20.7 Å². The third-order valence-electron chi connectivity index (χ3n) is 4.00. The highest BCUT2D eigenvalue weighted by Crippen LogP contribution is 2.26. The van der Waals surface area contributed by atoms with E-state index >= 15 is 0 Å². The van der Waals surface area contributed by atoms with Crippen LogP contribution >= 0.6 is 0 Å². The SMILES string of the molecule is COc1cnc([C@@H]2CNC(=O)[C@H]2NC(=O)Nc2ccc(F)cc2)c(F)c1. The van der Waals surface area contributed by atoms with Crippen molar-refractivity contribution in [2.75, 3.05) is 19.0 Å². The van der Waals surface area contributed by atoms with Crippen LogP contribution in [0.2, 0.25) is 0 Å². The molecule has 9 heteroatoms. The third-order valence-corrected chi connectivity index (χ3v) is 4.00. The molecule has 7 nitrogen and oxygen atoms in total. The first kappa shape index (κ1) is 17.6. The monoisotopic (exact) mass is 362 g/mol. The van der Waals surface area contributed by atoms with E-state index in [-0.39, 0.29) is 18.0 Å². The van der Waals surface area contributed by atoms with Crippen LogP contribution in [0.4, 0.5) is 19.3 Å². The van der Waals surface area contributed by atoms with Gasteiger partial charge in [-0.25, -0.2) is 13.6 Å². The second-order valence-corrected chi connectivity index (χ2v) is 5.68. The molecule has 0 bridgehead atoms. The molecule has 0 spiro atoms. The van der Waals surface area contributed by atoms with E-state index in [2.05, 4.69) is 20.9 Å². The van der Waals surface area contributed by atoms with Crippen LogP contribution in [-0.2, 0) is 4.79 Å². The zero-order chi connectivity index (χ0) is 18.7. The second kappa shape index (κ2) is 7.34. The fourth-order valence-corrected chi connectivity index (χ4v) is 2.70. The van der Waals surface area contributed by atoms with Gasteiger partial charge >= 0.3 is 6.03 Å². The summed E-state index contributed by atoms with van der Waals surface area (Å²) in [5, 5.41) is 7.57. The zero-order valence-corrected chi connectivity index (χ0v) is 13.8. The van der Waals surface area contributed by atoms with Crippen LogP contribution in [0.5, 0.6) is 5.75 Å². The van der Waals surface area contributed by atoms with Crippen molar-refractivity contribution in [1.29, 1.82) is 0 Å². The average Bonchev–Trinajstić information content (AvgIpc) is 2.97. The summed E-state index contributed by atoms with van der Waals surface area (Å²) in [5.74, 6) is -1.93. The van der Waals surface area contributed by atoms with Gasteiger partial charge in [-0.2, -0.15) is 0 Å². The van der Waals surface area contributed by atoms with Crippen molar-refractivity contribution in [3.05, 3.63) is 53.9 Å². The van der Waals surface area contributed by atoms with Crippen LogP contribution in [-0.4, -0.2) is 36.6 Å². The van der Waals surface area contributed by atoms with Crippen LogP contribution in [0.15, 0.2) is 36.5 Å². The number of rotatable bonds is 4. The van der Waals surface area contributed by atoms with E-state index in [1.807, 2.05) is 0 Å². The van der Waals surface area contributed by atoms with Crippen molar-refractivity contribution in [1.82, 2.24) is 15.6 Å². The molecule has 2 aromatic rings. The third kappa shape index (κ3) is 3.71.